The lowest BCUT2D eigenvalue weighted by Gasteiger charge is -2.07. The zero-order chi connectivity index (χ0) is 26.2. The fourth-order valence-corrected chi connectivity index (χ4v) is 5.65. The normalized spacial score (nSPS) is 11.4. The average Bonchev–Trinajstić information content (AvgIpc) is 3.30. The van der Waals surface area contributed by atoms with Crippen molar-refractivity contribution in [2.45, 2.75) is 168 Å². The second-order valence-electron chi connectivity index (χ2n) is 11.5. The minimum absolute atomic E-state index is 1.14. The van der Waals surface area contributed by atoms with Crippen LogP contribution in [0.3, 0.4) is 0 Å². The van der Waals surface area contributed by atoms with Gasteiger partial charge in [0.15, 0.2) is 0 Å². The summed E-state index contributed by atoms with van der Waals surface area (Å²) in [4.78, 5) is 0. The molecule has 0 saturated heterocycles. The summed E-state index contributed by atoms with van der Waals surface area (Å²) in [6.07, 6.45) is 35.2. The van der Waals surface area contributed by atoms with E-state index in [0.29, 0.717) is 0 Å². The summed E-state index contributed by atoms with van der Waals surface area (Å²) in [5.41, 5.74) is 1.46. The van der Waals surface area contributed by atoms with Gasteiger partial charge in [-0.05, 0) is 37.7 Å². The van der Waals surface area contributed by atoms with Crippen molar-refractivity contribution in [1.82, 2.24) is 4.57 Å². The molecule has 0 aliphatic rings. The Morgan fingerprint density at radius 3 is 1.62 bits per heavy atom. The lowest BCUT2D eigenvalue weighted by molar-refractivity contribution is -0.704. The van der Waals surface area contributed by atoms with E-state index in [4.69, 9.17) is 0 Å². The van der Waals surface area contributed by atoms with Gasteiger partial charge in [-0.1, -0.05) is 147 Å². The molecule has 37 heavy (non-hydrogen) atoms. The zero-order valence-electron chi connectivity index (χ0n) is 24.9. The van der Waals surface area contributed by atoms with Crippen molar-refractivity contribution < 1.29 is 4.57 Å². The number of benzene rings is 1. The SMILES string of the molecule is CCCCCCCCCCCCCCCCCc1n(CCCCCC)cc[n+]1CCCc1ccccc1. The topological polar surface area (TPSA) is 8.81 Å². The van der Waals surface area contributed by atoms with Crippen LogP contribution in [0.15, 0.2) is 42.7 Å². The van der Waals surface area contributed by atoms with Crippen LogP contribution in [-0.4, -0.2) is 4.57 Å². The molecule has 0 unspecified atom stereocenters. The Kier molecular flexibility index (Phi) is 19.2. The highest BCUT2D eigenvalue weighted by Gasteiger charge is 2.16. The second-order valence-corrected chi connectivity index (χ2v) is 11.5. The van der Waals surface area contributed by atoms with Gasteiger partial charge in [-0.3, -0.25) is 0 Å². The summed E-state index contributed by atoms with van der Waals surface area (Å²) in [6.45, 7) is 6.95. The maximum Gasteiger partial charge on any atom is 0.256 e. The summed E-state index contributed by atoms with van der Waals surface area (Å²) in [5.74, 6) is 1.57. The molecular formula is C35H61N2+. The van der Waals surface area contributed by atoms with Gasteiger partial charge in [0.25, 0.3) is 5.82 Å². The molecule has 0 radical (unpaired) electrons. The Balaban J connectivity index is 1.60. The molecule has 0 amide bonds. The predicted molar refractivity (Wildman–Crippen MR) is 162 cm³/mol. The maximum atomic E-state index is 2.57. The number of unbranched alkanes of at least 4 members (excludes halogenated alkanes) is 17. The Hall–Kier alpha value is -1.57. The van der Waals surface area contributed by atoms with Gasteiger partial charge in [0.1, 0.15) is 12.4 Å². The third kappa shape index (κ3) is 15.4. The predicted octanol–water partition coefficient (Wildman–Crippen LogP) is 10.4. The molecular weight excluding hydrogens is 448 g/mol. The lowest BCUT2D eigenvalue weighted by Crippen LogP contribution is -2.37. The van der Waals surface area contributed by atoms with E-state index < -0.39 is 0 Å². The summed E-state index contributed by atoms with van der Waals surface area (Å²) < 4.78 is 5.13. The molecule has 1 aromatic heterocycles. The minimum atomic E-state index is 1.14. The summed E-state index contributed by atoms with van der Waals surface area (Å²) in [6, 6.07) is 11.0. The molecule has 0 fully saturated rings. The first-order valence-corrected chi connectivity index (χ1v) is 16.5. The minimum Gasteiger partial charge on any atom is -0.234 e. The smallest absolute Gasteiger partial charge is 0.234 e. The standard InChI is InChI=1S/C35H61N2/c1-3-5-7-9-10-11-12-13-14-15-16-17-18-19-23-29-35-36(30-24-8-6-4-2)32-33-37(35)31-25-28-34-26-21-20-22-27-34/h20-22,26-27,32-33H,3-19,23-25,28-31H2,1-2H3/q+1. The number of imidazole rings is 1. The number of hydrogen-bond acceptors (Lipinski definition) is 0. The molecule has 0 spiro atoms. The van der Waals surface area contributed by atoms with Gasteiger partial charge in [0.2, 0.25) is 0 Å². The van der Waals surface area contributed by atoms with Crippen LogP contribution < -0.4 is 4.57 Å². The van der Waals surface area contributed by atoms with Crippen LogP contribution >= 0.6 is 0 Å². The molecule has 0 atom stereocenters. The van der Waals surface area contributed by atoms with E-state index in [1.54, 1.807) is 5.82 Å². The van der Waals surface area contributed by atoms with Gasteiger partial charge in [-0.2, -0.15) is 0 Å². The van der Waals surface area contributed by atoms with Crippen molar-refractivity contribution in [3.63, 3.8) is 0 Å². The van der Waals surface area contributed by atoms with E-state index in [-0.39, 0.29) is 0 Å². The van der Waals surface area contributed by atoms with Crippen LogP contribution in [0, 0.1) is 0 Å². The highest BCUT2D eigenvalue weighted by molar-refractivity contribution is 5.14. The number of nitrogens with zero attached hydrogens (tertiary/aromatic N) is 2. The molecule has 2 rings (SSSR count). The molecule has 1 heterocycles. The molecule has 210 valence electrons. The van der Waals surface area contributed by atoms with Gasteiger partial charge >= 0.3 is 0 Å². The van der Waals surface area contributed by atoms with E-state index in [0.717, 1.165) is 6.54 Å². The molecule has 2 nitrogen and oxygen atoms in total. The quantitative estimate of drug-likeness (QED) is 0.0929. The van der Waals surface area contributed by atoms with Crippen molar-refractivity contribution in [1.29, 1.82) is 0 Å². The zero-order valence-corrected chi connectivity index (χ0v) is 24.9. The first kappa shape index (κ1) is 31.6. The van der Waals surface area contributed by atoms with Crippen LogP contribution in [0.5, 0.6) is 0 Å². The monoisotopic (exact) mass is 509 g/mol. The Labute approximate surface area is 231 Å². The van der Waals surface area contributed by atoms with Crippen LogP contribution in [0.1, 0.15) is 154 Å². The Bertz CT molecular complexity index is 748. The molecule has 0 aliphatic carbocycles. The van der Waals surface area contributed by atoms with E-state index >= 15 is 0 Å². The molecule has 0 bridgehead atoms. The number of aryl methyl sites for hydroxylation is 3. The number of rotatable bonds is 25. The lowest BCUT2D eigenvalue weighted by atomic mass is 10.0. The van der Waals surface area contributed by atoms with Crippen LogP contribution in [0.4, 0.5) is 0 Å². The molecule has 0 aliphatic heterocycles. The first-order valence-electron chi connectivity index (χ1n) is 16.5. The van der Waals surface area contributed by atoms with Crippen molar-refractivity contribution in [2.24, 2.45) is 0 Å². The average molecular weight is 510 g/mol. The fraction of sp³-hybridized carbons (Fsp3) is 0.743. The van der Waals surface area contributed by atoms with Crippen LogP contribution in [0.2, 0.25) is 0 Å². The van der Waals surface area contributed by atoms with Crippen molar-refractivity contribution in [3.05, 3.63) is 54.1 Å². The van der Waals surface area contributed by atoms with E-state index in [1.807, 2.05) is 0 Å². The summed E-state index contributed by atoms with van der Waals surface area (Å²) in [7, 11) is 0. The Morgan fingerprint density at radius 2 is 1.05 bits per heavy atom. The van der Waals surface area contributed by atoms with Crippen molar-refractivity contribution in [3.8, 4) is 0 Å². The highest BCUT2D eigenvalue weighted by atomic mass is 15.1. The van der Waals surface area contributed by atoms with Gasteiger partial charge in [0.05, 0.1) is 13.1 Å². The summed E-state index contributed by atoms with van der Waals surface area (Å²) in [5, 5.41) is 0. The first-order chi connectivity index (χ1) is 18.3. The largest absolute Gasteiger partial charge is 0.256 e. The van der Waals surface area contributed by atoms with E-state index in [9.17, 15) is 0 Å². The maximum absolute atomic E-state index is 2.57. The molecule has 1 aromatic carbocycles. The third-order valence-corrected chi connectivity index (χ3v) is 8.05. The third-order valence-electron chi connectivity index (χ3n) is 8.05. The van der Waals surface area contributed by atoms with Gasteiger partial charge in [0, 0.05) is 6.42 Å². The van der Waals surface area contributed by atoms with Crippen LogP contribution in [0.25, 0.3) is 0 Å². The Morgan fingerprint density at radius 1 is 0.541 bits per heavy atom. The molecule has 2 aromatic rings. The number of hydrogen-bond donors (Lipinski definition) is 0. The number of aromatic nitrogens is 2. The summed E-state index contributed by atoms with van der Waals surface area (Å²) >= 11 is 0. The molecule has 2 heteroatoms. The van der Waals surface area contributed by atoms with Crippen molar-refractivity contribution >= 4 is 0 Å². The van der Waals surface area contributed by atoms with Gasteiger partial charge in [-0.25, -0.2) is 9.13 Å². The van der Waals surface area contributed by atoms with Gasteiger partial charge in [-0.15, -0.1) is 0 Å². The van der Waals surface area contributed by atoms with E-state index in [2.05, 4.69) is 65.7 Å². The molecule has 0 N–H and O–H groups in total. The molecule has 0 saturated carbocycles. The fourth-order valence-electron chi connectivity index (χ4n) is 5.65. The van der Waals surface area contributed by atoms with E-state index in [1.165, 1.54) is 153 Å². The highest BCUT2D eigenvalue weighted by Crippen LogP contribution is 2.14. The van der Waals surface area contributed by atoms with Crippen molar-refractivity contribution in [2.75, 3.05) is 0 Å². The second kappa shape index (κ2) is 22.4. The van der Waals surface area contributed by atoms with Crippen LogP contribution in [-0.2, 0) is 25.9 Å². The van der Waals surface area contributed by atoms with Gasteiger partial charge < -0.3 is 0 Å².